The lowest BCUT2D eigenvalue weighted by Crippen LogP contribution is -2.13. The van der Waals surface area contributed by atoms with E-state index in [4.69, 9.17) is 0 Å². The number of hydrogen-bond acceptors (Lipinski definition) is 3. The Bertz CT molecular complexity index is 1080. The minimum Gasteiger partial charge on any atom is -0.321 e. The van der Waals surface area contributed by atoms with Crippen molar-refractivity contribution in [3.63, 3.8) is 0 Å². The summed E-state index contributed by atoms with van der Waals surface area (Å²) in [7, 11) is 0. The molecule has 25 heavy (non-hydrogen) atoms. The molecule has 6 nitrogen and oxygen atoms in total. The zero-order chi connectivity index (χ0) is 17.4. The maximum Gasteiger partial charge on any atom is 0.276 e. The highest BCUT2D eigenvalue weighted by atomic mass is 19.1. The largest absolute Gasteiger partial charge is 0.321 e. The molecule has 0 aliphatic carbocycles. The van der Waals surface area contributed by atoms with Gasteiger partial charge in [0.05, 0.1) is 11.7 Å². The first-order valence-corrected chi connectivity index (χ1v) is 7.68. The van der Waals surface area contributed by atoms with Gasteiger partial charge in [-0.3, -0.25) is 9.89 Å². The molecule has 2 N–H and O–H groups in total. The summed E-state index contributed by atoms with van der Waals surface area (Å²) in [5, 5.41) is 14.8. The van der Waals surface area contributed by atoms with Gasteiger partial charge in [0, 0.05) is 16.8 Å². The number of halogens is 1. The number of para-hydroxylation sites is 1. The molecule has 2 heterocycles. The van der Waals surface area contributed by atoms with Crippen LogP contribution in [0.15, 0.2) is 54.7 Å². The number of nitrogens with zero attached hydrogens (tertiary/aromatic N) is 3. The predicted molar refractivity (Wildman–Crippen MR) is 92.3 cm³/mol. The predicted octanol–water partition coefficient (Wildman–Crippen LogP) is 3.45. The number of carbonyl (C=O) groups is 1. The van der Waals surface area contributed by atoms with Crippen LogP contribution in [0, 0.1) is 12.7 Å². The van der Waals surface area contributed by atoms with Crippen molar-refractivity contribution < 1.29 is 9.18 Å². The summed E-state index contributed by atoms with van der Waals surface area (Å²) in [5.74, 6) is -0.762. The molecule has 0 saturated heterocycles. The van der Waals surface area contributed by atoms with Crippen molar-refractivity contribution in [2.45, 2.75) is 6.92 Å². The number of fused-ring (bicyclic) bond motifs is 1. The Kier molecular flexibility index (Phi) is 3.53. The summed E-state index contributed by atoms with van der Waals surface area (Å²) in [6.07, 6.45) is 1.71. The lowest BCUT2D eigenvalue weighted by Gasteiger charge is -2.05. The van der Waals surface area contributed by atoms with Crippen LogP contribution in [0.25, 0.3) is 16.6 Å². The van der Waals surface area contributed by atoms with Gasteiger partial charge >= 0.3 is 0 Å². The Hall–Kier alpha value is -3.48. The number of aromatic nitrogens is 4. The molecule has 124 valence electrons. The molecule has 0 aliphatic rings. The maximum absolute atomic E-state index is 14.0. The molecule has 0 radical (unpaired) electrons. The molecule has 0 bridgehead atoms. The minimum atomic E-state index is -0.398. The van der Waals surface area contributed by atoms with Gasteiger partial charge in [-0.15, -0.1) is 0 Å². The Labute approximate surface area is 142 Å². The molecule has 0 unspecified atom stereocenters. The Morgan fingerprint density at radius 3 is 2.88 bits per heavy atom. The van der Waals surface area contributed by atoms with E-state index in [1.807, 2.05) is 6.07 Å². The Morgan fingerprint density at radius 2 is 2.04 bits per heavy atom. The van der Waals surface area contributed by atoms with Gasteiger partial charge in [-0.2, -0.15) is 10.2 Å². The number of aromatic amines is 1. The first kappa shape index (κ1) is 15.1. The minimum absolute atomic E-state index is 0.213. The van der Waals surface area contributed by atoms with Gasteiger partial charge in [-0.05, 0) is 43.3 Å². The Morgan fingerprint density at radius 1 is 1.20 bits per heavy atom. The van der Waals surface area contributed by atoms with Crippen LogP contribution in [0.2, 0.25) is 0 Å². The molecule has 4 aromatic rings. The van der Waals surface area contributed by atoms with Crippen LogP contribution >= 0.6 is 0 Å². The normalized spacial score (nSPS) is 11.0. The molecule has 0 saturated carbocycles. The van der Waals surface area contributed by atoms with Crippen LogP contribution in [0.1, 0.15) is 16.2 Å². The monoisotopic (exact) mass is 335 g/mol. The van der Waals surface area contributed by atoms with Gasteiger partial charge in [0.1, 0.15) is 11.5 Å². The second-order valence-corrected chi connectivity index (χ2v) is 5.66. The first-order valence-electron chi connectivity index (χ1n) is 7.68. The number of anilines is 1. The lowest BCUT2D eigenvalue weighted by atomic mass is 10.2. The van der Waals surface area contributed by atoms with Gasteiger partial charge in [-0.25, -0.2) is 9.07 Å². The summed E-state index contributed by atoms with van der Waals surface area (Å²) in [6, 6.07) is 13.4. The van der Waals surface area contributed by atoms with Crippen LogP contribution < -0.4 is 5.32 Å². The van der Waals surface area contributed by atoms with Crippen molar-refractivity contribution in [1.82, 2.24) is 20.0 Å². The second-order valence-electron chi connectivity index (χ2n) is 5.66. The van der Waals surface area contributed by atoms with Crippen molar-refractivity contribution in [3.8, 4) is 5.69 Å². The topological polar surface area (TPSA) is 75.6 Å². The van der Waals surface area contributed by atoms with Crippen molar-refractivity contribution in [2.24, 2.45) is 0 Å². The number of rotatable bonds is 3. The first-order chi connectivity index (χ1) is 12.1. The molecule has 0 atom stereocenters. The molecule has 7 heteroatoms. The molecule has 0 fully saturated rings. The van der Waals surface area contributed by atoms with Crippen LogP contribution in [0.4, 0.5) is 10.1 Å². The number of nitrogens with one attached hydrogen (secondary N) is 2. The third-order valence-corrected chi connectivity index (χ3v) is 3.90. The van der Waals surface area contributed by atoms with E-state index >= 15 is 0 Å². The molecule has 2 aromatic carbocycles. The van der Waals surface area contributed by atoms with Crippen molar-refractivity contribution in [1.29, 1.82) is 0 Å². The molecule has 4 rings (SSSR count). The average Bonchev–Trinajstić information content (AvgIpc) is 3.21. The number of hydrogen-bond donors (Lipinski definition) is 2. The number of carbonyl (C=O) groups excluding carboxylic acids is 1. The third kappa shape index (κ3) is 2.76. The fourth-order valence-corrected chi connectivity index (χ4v) is 2.66. The quantitative estimate of drug-likeness (QED) is 0.602. The highest BCUT2D eigenvalue weighted by Crippen LogP contribution is 2.19. The van der Waals surface area contributed by atoms with Gasteiger partial charge in [-0.1, -0.05) is 12.1 Å². The molecular weight excluding hydrogens is 321 g/mol. The smallest absolute Gasteiger partial charge is 0.276 e. The molecule has 1 amide bonds. The summed E-state index contributed by atoms with van der Waals surface area (Å²) < 4.78 is 15.4. The summed E-state index contributed by atoms with van der Waals surface area (Å²) in [5.41, 5.74) is 2.63. The molecule has 0 aliphatic heterocycles. The second kappa shape index (κ2) is 5.86. The summed E-state index contributed by atoms with van der Waals surface area (Å²) in [4.78, 5) is 12.5. The molecule has 2 aromatic heterocycles. The summed E-state index contributed by atoms with van der Waals surface area (Å²) >= 11 is 0. The van der Waals surface area contributed by atoms with Crippen molar-refractivity contribution in [3.05, 3.63) is 71.9 Å². The zero-order valence-electron chi connectivity index (χ0n) is 13.3. The van der Waals surface area contributed by atoms with E-state index in [-0.39, 0.29) is 11.6 Å². The number of benzene rings is 2. The SMILES string of the molecule is Cc1cc(C(=O)Nc2ccc3cn[nH]c3c2)nn1-c1ccccc1F. The highest BCUT2D eigenvalue weighted by Gasteiger charge is 2.15. The van der Waals surface area contributed by atoms with E-state index in [1.165, 1.54) is 10.7 Å². The molecular formula is C18H14FN5O. The number of aryl methyl sites for hydroxylation is 1. The van der Waals surface area contributed by atoms with Crippen LogP contribution in [-0.4, -0.2) is 25.9 Å². The van der Waals surface area contributed by atoms with E-state index in [1.54, 1.807) is 49.5 Å². The molecule has 0 spiro atoms. The fraction of sp³-hybridized carbons (Fsp3) is 0.0556. The van der Waals surface area contributed by atoms with E-state index in [2.05, 4.69) is 20.6 Å². The van der Waals surface area contributed by atoms with E-state index < -0.39 is 5.82 Å². The fourth-order valence-electron chi connectivity index (χ4n) is 2.66. The van der Waals surface area contributed by atoms with E-state index in [9.17, 15) is 9.18 Å². The maximum atomic E-state index is 14.0. The van der Waals surface area contributed by atoms with Gasteiger partial charge in [0.15, 0.2) is 5.69 Å². The lowest BCUT2D eigenvalue weighted by molar-refractivity contribution is 0.102. The zero-order valence-corrected chi connectivity index (χ0v) is 13.3. The van der Waals surface area contributed by atoms with Crippen LogP contribution in [0.5, 0.6) is 0 Å². The van der Waals surface area contributed by atoms with Crippen LogP contribution in [0.3, 0.4) is 0 Å². The van der Waals surface area contributed by atoms with E-state index in [0.29, 0.717) is 17.1 Å². The van der Waals surface area contributed by atoms with Crippen molar-refractivity contribution in [2.75, 3.05) is 5.32 Å². The highest BCUT2D eigenvalue weighted by molar-refractivity contribution is 6.03. The third-order valence-electron chi connectivity index (χ3n) is 3.90. The van der Waals surface area contributed by atoms with Crippen molar-refractivity contribution >= 4 is 22.5 Å². The Balaban J connectivity index is 1.62. The van der Waals surface area contributed by atoms with Gasteiger partial charge in [0.2, 0.25) is 0 Å². The van der Waals surface area contributed by atoms with Crippen LogP contribution in [-0.2, 0) is 0 Å². The van der Waals surface area contributed by atoms with Gasteiger partial charge in [0.25, 0.3) is 5.91 Å². The number of amides is 1. The van der Waals surface area contributed by atoms with E-state index in [0.717, 1.165) is 10.9 Å². The number of H-pyrrole nitrogens is 1. The standard InChI is InChI=1S/C18H14FN5O/c1-11-8-16(23-24(11)17-5-3-2-4-14(17)19)18(25)21-13-7-6-12-10-20-22-15(12)9-13/h2-10H,1H3,(H,20,22)(H,21,25). The summed E-state index contributed by atoms with van der Waals surface area (Å²) in [6.45, 7) is 1.77. The van der Waals surface area contributed by atoms with Gasteiger partial charge < -0.3 is 5.32 Å². The average molecular weight is 335 g/mol.